The number of halogens is 2. The van der Waals surface area contributed by atoms with Gasteiger partial charge in [-0.05, 0) is 37.3 Å². The molecule has 4 heteroatoms. The molecular weight excluding hydrogens is 250 g/mol. The maximum Gasteiger partial charge on any atom is 0.387 e. The van der Waals surface area contributed by atoms with Gasteiger partial charge in [0.15, 0.2) is 5.78 Å². The highest BCUT2D eigenvalue weighted by molar-refractivity contribution is 6.09. The zero-order valence-electron chi connectivity index (χ0n) is 10.3. The maximum absolute atomic E-state index is 12.1. The number of aryl methyl sites for hydroxylation is 1. The summed E-state index contributed by atoms with van der Waals surface area (Å²) in [6.07, 6.45) is 0. The van der Waals surface area contributed by atoms with Gasteiger partial charge in [-0.2, -0.15) is 8.78 Å². The highest BCUT2D eigenvalue weighted by Gasteiger charge is 2.10. The second-order valence-electron chi connectivity index (χ2n) is 4.10. The van der Waals surface area contributed by atoms with E-state index in [1.165, 1.54) is 24.3 Å². The summed E-state index contributed by atoms with van der Waals surface area (Å²) in [7, 11) is 0. The largest absolute Gasteiger partial charge is 0.435 e. The molecule has 2 nitrogen and oxygen atoms in total. The smallest absolute Gasteiger partial charge is 0.387 e. The van der Waals surface area contributed by atoms with E-state index in [2.05, 4.69) is 4.74 Å². The first-order chi connectivity index (χ1) is 9.06. The fourth-order valence-electron chi connectivity index (χ4n) is 1.74. The Hall–Kier alpha value is -2.23. The summed E-state index contributed by atoms with van der Waals surface area (Å²) in [6.45, 7) is -0.964. The Labute approximate surface area is 109 Å². The van der Waals surface area contributed by atoms with Crippen LogP contribution < -0.4 is 4.74 Å². The fraction of sp³-hybridized carbons (Fsp3) is 0.133. The summed E-state index contributed by atoms with van der Waals surface area (Å²) < 4.78 is 28.2. The van der Waals surface area contributed by atoms with E-state index in [-0.39, 0.29) is 11.5 Å². The monoisotopic (exact) mass is 262 g/mol. The summed E-state index contributed by atoms with van der Waals surface area (Å²) in [4.78, 5) is 12.1. The number of ketones is 1. The van der Waals surface area contributed by atoms with Crippen molar-refractivity contribution in [3.8, 4) is 5.75 Å². The second-order valence-corrected chi connectivity index (χ2v) is 4.10. The van der Waals surface area contributed by atoms with Crippen molar-refractivity contribution in [1.29, 1.82) is 0 Å². The van der Waals surface area contributed by atoms with Crippen LogP contribution in [0, 0.1) is 6.92 Å². The van der Waals surface area contributed by atoms with Gasteiger partial charge in [-0.1, -0.05) is 23.8 Å². The van der Waals surface area contributed by atoms with Crippen molar-refractivity contribution in [2.75, 3.05) is 0 Å². The third-order valence-electron chi connectivity index (χ3n) is 2.62. The van der Waals surface area contributed by atoms with Gasteiger partial charge in [0, 0.05) is 11.1 Å². The molecule has 0 saturated carbocycles. The first-order valence-electron chi connectivity index (χ1n) is 5.72. The molecule has 0 unspecified atom stereocenters. The van der Waals surface area contributed by atoms with Crippen LogP contribution in [0.15, 0.2) is 48.5 Å². The number of hydrogen-bond acceptors (Lipinski definition) is 2. The molecule has 19 heavy (non-hydrogen) atoms. The number of ether oxygens (including phenoxy) is 1. The van der Waals surface area contributed by atoms with Crippen molar-refractivity contribution in [1.82, 2.24) is 0 Å². The molecule has 0 aliphatic heterocycles. The zero-order chi connectivity index (χ0) is 13.8. The summed E-state index contributed by atoms with van der Waals surface area (Å²) in [6, 6.07) is 12.9. The Balaban J connectivity index is 2.20. The summed E-state index contributed by atoms with van der Waals surface area (Å²) in [5.74, 6) is -0.108. The van der Waals surface area contributed by atoms with Crippen LogP contribution in [-0.4, -0.2) is 12.4 Å². The van der Waals surface area contributed by atoms with E-state index in [1.807, 2.05) is 13.0 Å². The molecule has 0 saturated heterocycles. The molecule has 2 aromatic carbocycles. The Morgan fingerprint density at radius 1 is 1.05 bits per heavy atom. The van der Waals surface area contributed by atoms with Crippen molar-refractivity contribution >= 4 is 5.78 Å². The highest BCUT2D eigenvalue weighted by atomic mass is 19.3. The third kappa shape index (κ3) is 3.37. The van der Waals surface area contributed by atoms with E-state index in [9.17, 15) is 13.6 Å². The minimum absolute atomic E-state index is 0.0378. The second kappa shape index (κ2) is 5.61. The number of rotatable bonds is 4. The van der Waals surface area contributed by atoms with E-state index < -0.39 is 6.61 Å². The molecule has 0 atom stereocenters. The molecule has 0 heterocycles. The van der Waals surface area contributed by atoms with Gasteiger partial charge >= 0.3 is 6.61 Å². The van der Waals surface area contributed by atoms with Crippen LogP contribution >= 0.6 is 0 Å². The predicted octanol–water partition coefficient (Wildman–Crippen LogP) is 3.83. The lowest BCUT2D eigenvalue weighted by Crippen LogP contribution is -2.04. The molecule has 98 valence electrons. The Morgan fingerprint density at radius 3 is 2.32 bits per heavy atom. The molecule has 0 fully saturated rings. The van der Waals surface area contributed by atoms with Crippen molar-refractivity contribution in [2.24, 2.45) is 0 Å². The number of benzene rings is 2. The molecule has 0 aromatic heterocycles. The van der Waals surface area contributed by atoms with E-state index >= 15 is 0 Å². The van der Waals surface area contributed by atoms with Gasteiger partial charge in [0.1, 0.15) is 5.75 Å². The van der Waals surface area contributed by atoms with Gasteiger partial charge < -0.3 is 4.74 Å². The van der Waals surface area contributed by atoms with Crippen LogP contribution in [0.1, 0.15) is 21.5 Å². The average Bonchev–Trinajstić information content (AvgIpc) is 2.38. The first-order valence-corrected chi connectivity index (χ1v) is 5.72. The van der Waals surface area contributed by atoms with Crippen molar-refractivity contribution in [3.63, 3.8) is 0 Å². The first kappa shape index (κ1) is 13.2. The lowest BCUT2D eigenvalue weighted by molar-refractivity contribution is -0.0498. The highest BCUT2D eigenvalue weighted by Crippen LogP contribution is 2.17. The van der Waals surface area contributed by atoms with Gasteiger partial charge in [-0.15, -0.1) is 0 Å². The molecule has 2 rings (SSSR count). The molecular formula is C15H12F2O2. The molecule has 0 aliphatic carbocycles. The maximum atomic E-state index is 12.1. The van der Waals surface area contributed by atoms with Crippen LogP contribution in [0.5, 0.6) is 5.75 Å². The minimum atomic E-state index is -2.86. The van der Waals surface area contributed by atoms with E-state index in [1.54, 1.807) is 18.2 Å². The standard InChI is InChI=1S/C15H12F2O2/c1-10-3-2-4-12(9-10)14(18)11-5-7-13(8-6-11)19-15(16)17/h2-9,15H,1H3. The van der Waals surface area contributed by atoms with Gasteiger partial charge in [0.25, 0.3) is 0 Å². The summed E-state index contributed by atoms with van der Waals surface area (Å²) in [5.41, 5.74) is 2.00. The van der Waals surface area contributed by atoms with Gasteiger partial charge in [-0.25, -0.2) is 0 Å². The van der Waals surface area contributed by atoms with Crippen LogP contribution in [0.3, 0.4) is 0 Å². The zero-order valence-corrected chi connectivity index (χ0v) is 10.3. The van der Waals surface area contributed by atoms with Crippen molar-refractivity contribution < 1.29 is 18.3 Å². The average molecular weight is 262 g/mol. The van der Waals surface area contributed by atoms with Gasteiger partial charge in [0.05, 0.1) is 0 Å². The van der Waals surface area contributed by atoms with Crippen LogP contribution in [0.4, 0.5) is 8.78 Å². The Kier molecular flexibility index (Phi) is 3.90. The normalized spacial score (nSPS) is 10.5. The molecule has 0 amide bonds. The lowest BCUT2D eigenvalue weighted by atomic mass is 10.0. The lowest BCUT2D eigenvalue weighted by Gasteiger charge is -2.06. The molecule has 2 aromatic rings. The van der Waals surface area contributed by atoms with E-state index in [4.69, 9.17) is 0 Å². The van der Waals surface area contributed by atoms with Crippen LogP contribution in [-0.2, 0) is 0 Å². The predicted molar refractivity (Wildman–Crippen MR) is 67.7 cm³/mol. The molecule has 0 aliphatic rings. The van der Waals surface area contributed by atoms with Gasteiger partial charge in [-0.3, -0.25) is 4.79 Å². The molecule has 0 N–H and O–H groups in total. The molecule has 0 bridgehead atoms. The van der Waals surface area contributed by atoms with Crippen LogP contribution in [0.25, 0.3) is 0 Å². The quantitative estimate of drug-likeness (QED) is 0.783. The van der Waals surface area contributed by atoms with E-state index in [0.717, 1.165) is 5.56 Å². The summed E-state index contributed by atoms with van der Waals surface area (Å²) in [5, 5.41) is 0. The van der Waals surface area contributed by atoms with E-state index in [0.29, 0.717) is 11.1 Å². The van der Waals surface area contributed by atoms with Crippen LogP contribution in [0.2, 0.25) is 0 Å². The number of carbonyl (C=O) groups is 1. The number of alkyl halides is 2. The molecule has 0 radical (unpaired) electrons. The minimum Gasteiger partial charge on any atom is -0.435 e. The Bertz CT molecular complexity index is 577. The van der Waals surface area contributed by atoms with Crippen molar-refractivity contribution in [3.05, 3.63) is 65.2 Å². The Morgan fingerprint density at radius 2 is 1.74 bits per heavy atom. The SMILES string of the molecule is Cc1cccc(C(=O)c2ccc(OC(F)F)cc2)c1. The molecule has 0 spiro atoms. The topological polar surface area (TPSA) is 26.3 Å². The third-order valence-corrected chi connectivity index (χ3v) is 2.62. The number of carbonyl (C=O) groups excluding carboxylic acids is 1. The van der Waals surface area contributed by atoms with Crippen molar-refractivity contribution in [2.45, 2.75) is 13.5 Å². The summed E-state index contributed by atoms with van der Waals surface area (Å²) >= 11 is 0. The fourth-order valence-corrected chi connectivity index (χ4v) is 1.74. The van der Waals surface area contributed by atoms with Gasteiger partial charge in [0.2, 0.25) is 0 Å². The number of hydrogen-bond donors (Lipinski definition) is 0.